The van der Waals surface area contributed by atoms with E-state index in [-0.39, 0.29) is 0 Å². The van der Waals surface area contributed by atoms with Crippen molar-refractivity contribution < 1.29 is 4.74 Å². The average molecular weight is 474 g/mol. The molecule has 6 nitrogen and oxygen atoms in total. The van der Waals surface area contributed by atoms with E-state index in [4.69, 9.17) is 21.3 Å². The van der Waals surface area contributed by atoms with Gasteiger partial charge in [0, 0.05) is 42.5 Å². The van der Waals surface area contributed by atoms with Crippen LogP contribution in [0.4, 0.5) is 5.82 Å². The quantitative estimate of drug-likeness (QED) is 0.415. The normalized spacial score (nSPS) is 16.6. The van der Waals surface area contributed by atoms with Gasteiger partial charge in [0.25, 0.3) is 0 Å². The molecule has 1 unspecified atom stereocenters. The van der Waals surface area contributed by atoms with Gasteiger partial charge in [-0.25, -0.2) is 4.98 Å². The molecule has 2 aromatic heterocycles. The minimum absolute atomic E-state index is 0.565. The third-order valence-corrected chi connectivity index (χ3v) is 6.87. The number of nitrogens with one attached hydrogen (secondary N) is 1. The topological polar surface area (TPSA) is 54.7 Å². The van der Waals surface area contributed by atoms with Gasteiger partial charge in [-0.15, -0.1) is 0 Å². The lowest BCUT2D eigenvalue weighted by atomic mass is 9.97. The lowest BCUT2D eigenvalue weighted by molar-refractivity contribution is 0.173. The summed E-state index contributed by atoms with van der Waals surface area (Å²) in [5.41, 5.74) is 5.00. The Morgan fingerprint density at radius 2 is 2.00 bits per heavy atom. The maximum atomic E-state index is 6.48. The van der Waals surface area contributed by atoms with Gasteiger partial charge in [-0.05, 0) is 54.5 Å². The highest BCUT2D eigenvalue weighted by atomic mass is 35.5. The van der Waals surface area contributed by atoms with Crippen LogP contribution < -0.4 is 15.5 Å². The summed E-state index contributed by atoms with van der Waals surface area (Å²) in [5, 5.41) is 8.93. The van der Waals surface area contributed by atoms with Crippen LogP contribution >= 0.6 is 11.6 Å². The van der Waals surface area contributed by atoms with Crippen LogP contribution in [-0.4, -0.2) is 54.1 Å². The summed E-state index contributed by atoms with van der Waals surface area (Å²) in [6.45, 7) is 4.06. The van der Waals surface area contributed by atoms with E-state index in [1.807, 2.05) is 55.0 Å². The predicted octanol–water partition coefficient (Wildman–Crippen LogP) is 3.64. The van der Waals surface area contributed by atoms with E-state index >= 15 is 0 Å². The predicted molar refractivity (Wildman–Crippen MR) is 141 cm³/mol. The van der Waals surface area contributed by atoms with Crippen molar-refractivity contribution in [3.8, 4) is 17.0 Å². The van der Waals surface area contributed by atoms with Crippen molar-refractivity contribution in [3.63, 3.8) is 0 Å². The second-order valence-electron chi connectivity index (χ2n) is 9.04. The molecule has 4 aromatic rings. The molecule has 5 rings (SSSR count). The number of aromatic nitrogens is 3. The van der Waals surface area contributed by atoms with Gasteiger partial charge in [-0.1, -0.05) is 41.9 Å². The largest absolute Gasteiger partial charge is 0.497 e. The number of benzene rings is 2. The number of rotatable bonds is 7. The summed E-state index contributed by atoms with van der Waals surface area (Å²) in [4.78, 5) is 7.40. The Balaban J connectivity index is 1.30. The van der Waals surface area contributed by atoms with E-state index in [9.17, 15) is 0 Å². The number of nitrogens with zero attached hydrogens (tertiary/aromatic N) is 4. The number of ether oxygens (including phenoxy) is 1. The standard InChI is InChI=1S/C26H29BClN5O/c1-34-20-10-8-18(9-11-20)16-32-12-4-5-19(17-32)14-29-25-13-24(21-6-2-3-7-23(21)28)31-26-22(27)15-30-33(25)26/h2-3,6-11,13,15,19,29H,4-5,12,14,16-17,27H2,1H3. The highest BCUT2D eigenvalue weighted by molar-refractivity contribution is 6.36. The number of anilines is 1. The Morgan fingerprint density at radius 1 is 1.18 bits per heavy atom. The van der Waals surface area contributed by atoms with Gasteiger partial charge in [-0.2, -0.15) is 9.61 Å². The SMILES string of the molecule is Bc1cnn2c(NCC3CCCN(Cc4ccc(OC)cc4)C3)cc(-c3ccccc3Cl)nc12. The lowest BCUT2D eigenvalue weighted by Crippen LogP contribution is -2.37. The summed E-state index contributed by atoms with van der Waals surface area (Å²) in [6.07, 6.45) is 4.29. The first-order valence-corrected chi connectivity index (χ1v) is 12.2. The molecule has 1 aliphatic heterocycles. The smallest absolute Gasteiger partial charge is 0.151 e. The zero-order valence-corrected chi connectivity index (χ0v) is 20.4. The van der Waals surface area contributed by atoms with Gasteiger partial charge in [0.1, 0.15) is 19.4 Å². The summed E-state index contributed by atoms with van der Waals surface area (Å²) in [7, 11) is 3.74. The molecular formula is C26H29BClN5O. The van der Waals surface area contributed by atoms with Crippen molar-refractivity contribution in [2.75, 3.05) is 32.1 Å². The maximum Gasteiger partial charge on any atom is 0.151 e. The van der Waals surface area contributed by atoms with Gasteiger partial charge < -0.3 is 10.1 Å². The molecule has 8 heteroatoms. The van der Waals surface area contributed by atoms with Crippen LogP contribution in [0.15, 0.2) is 60.8 Å². The Kier molecular flexibility index (Phi) is 6.74. The first kappa shape index (κ1) is 22.8. The van der Waals surface area contributed by atoms with Crippen molar-refractivity contribution in [3.05, 3.63) is 71.4 Å². The molecule has 0 radical (unpaired) electrons. The molecule has 1 N–H and O–H groups in total. The molecule has 0 saturated carbocycles. The minimum atomic E-state index is 0.565. The number of fused-ring (bicyclic) bond motifs is 1. The van der Waals surface area contributed by atoms with E-state index < -0.39 is 0 Å². The van der Waals surface area contributed by atoms with E-state index in [2.05, 4.69) is 33.5 Å². The molecule has 0 aliphatic carbocycles. The van der Waals surface area contributed by atoms with Crippen LogP contribution in [0.5, 0.6) is 5.75 Å². The zero-order valence-electron chi connectivity index (χ0n) is 19.7. The van der Waals surface area contributed by atoms with Gasteiger partial charge >= 0.3 is 0 Å². The highest BCUT2D eigenvalue weighted by Gasteiger charge is 2.21. The monoisotopic (exact) mass is 473 g/mol. The lowest BCUT2D eigenvalue weighted by Gasteiger charge is -2.33. The van der Waals surface area contributed by atoms with Crippen LogP contribution in [0.2, 0.25) is 5.02 Å². The van der Waals surface area contributed by atoms with E-state index in [1.54, 1.807) is 7.11 Å². The molecule has 174 valence electrons. The molecular weight excluding hydrogens is 445 g/mol. The molecule has 1 aliphatic rings. The summed E-state index contributed by atoms with van der Waals surface area (Å²) in [6, 6.07) is 18.3. The number of hydrogen-bond acceptors (Lipinski definition) is 5. The fraction of sp³-hybridized carbons (Fsp3) is 0.308. The molecule has 0 spiro atoms. The third kappa shape index (κ3) is 4.91. The molecule has 1 atom stereocenters. The van der Waals surface area contributed by atoms with Gasteiger partial charge in [-0.3, -0.25) is 4.90 Å². The van der Waals surface area contributed by atoms with Crippen LogP contribution in [-0.2, 0) is 6.54 Å². The van der Waals surface area contributed by atoms with Crippen LogP contribution in [0.25, 0.3) is 16.9 Å². The van der Waals surface area contributed by atoms with Crippen LogP contribution in [0.1, 0.15) is 18.4 Å². The van der Waals surface area contributed by atoms with Crippen LogP contribution in [0, 0.1) is 5.92 Å². The van der Waals surface area contributed by atoms with Crippen LogP contribution in [0.3, 0.4) is 0 Å². The van der Waals surface area contributed by atoms with E-state index in [0.717, 1.165) is 60.1 Å². The number of methoxy groups -OCH3 is 1. The molecule has 2 aromatic carbocycles. The summed E-state index contributed by atoms with van der Waals surface area (Å²) in [5.74, 6) is 2.41. The fourth-order valence-electron chi connectivity index (χ4n) is 4.71. The summed E-state index contributed by atoms with van der Waals surface area (Å²) >= 11 is 6.48. The molecule has 1 saturated heterocycles. The van der Waals surface area contributed by atoms with E-state index in [1.165, 1.54) is 18.4 Å². The second-order valence-corrected chi connectivity index (χ2v) is 9.45. The van der Waals surface area contributed by atoms with Crippen molar-refractivity contribution in [2.24, 2.45) is 5.92 Å². The molecule has 3 heterocycles. The van der Waals surface area contributed by atoms with Crippen molar-refractivity contribution in [1.29, 1.82) is 0 Å². The van der Waals surface area contributed by atoms with Crippen molar-refractivity contribution in [2.45, 2.75) is 19.4 Å². The Bertz CT molecular complexity index is 1280. The maximum absolute atomic E-state index is 6.48. The molecule has 34 heavy (non-hydrogen) atoms. The van der Waals surface area contributed by atoms with Gasteiger partial charge in [0.05, 0.1) is 12.8 Å². The van der Waals surface area contributed by atoms with E-state index in [0.29, 0.717) is 10.9 Å². The molecule has 0 bridgehead atoms. The first-order chi connectivity index (χ1) is 16.6. The average Bonchev–Trinajstić information content (AvgIpc) is 3.24. The Morgan fingerprint density at radius 3 is 2.79 bits per heavy atom. The fourth-order valence-corrected chi connectivity index (χ4v) is 4.94. The molecule has 1 fully saturated rings. The Labute approximate surface area is 206 Å². The van der Waals surface area contributed by atoms with Gasteiger partial charge in [0.2, 0.25) is 0 Å². The summed E-state index contributed by atoms with van der Waals surface area (Å²) < 4.78 is 7.18. The van der Waals surface area contributed by atoms with Gasteiger partial charge in [0.15, 0.2) is 5.65 Å². The first-order valence-electron chi connectivity index (χ1n) is 11.8. The minimum Gasteiger partial charge on any atom is -0.497 e. The number of likely N-dealkylation sites (tertiary alicyclic amines) is 1. The highest BCUT2D eigenvalue weighted by Crippen LogP contribution is 2.28. The van der Waals surface area contributed by atoms with Crippen molar-refractivity contribution >= 4 is 36.4 Å². The molecule has 0 amide bonds. The third-order valence-electron chi connectivity index (χ3n) is 6.54. The number of piperidine rings is 1. The number of hydrogen-bond donors (Lipinski definition) is 1. The Hall–Kier alpha value is -3.03. The second kappa shape index (κ2) is 10.1. The number of halogens is 1. The zero-order chi connectivity index (χ0) is 23.5. The van der Waals surface area contributed by atoms with Crippen molar-refractivity contribution in [1.82, 2.24) is 19.5 Å².